The molecule has 7 atom stereocenters. The summed E-state index contributed by atoms with van der Waals surface area (Å²) in [4.78, 5) is 11.5. The van der Waals surface area contributed by atoms with E-state index in [-0.39, 0.29) is 17.5 Å². The van der Waals surface area contributed by atoms with Crippen molar-refractivity contribution in [1.29, 1.82) is 0 Å². The van der Waals surface area contributed by atoms with Crippen LogP contribution >= 0.6 is 0 Å². The van der Waals surface area contributed by atoms with Gasteiger partial charge in [-0.3, -0.25) is 4.79 Å². The van der Waals surface area contributed by atoms with Crippen molar-refractivity contribution in [3.63, 3.8) is 0 Å². The number of fused-ring (bicyclic) bond motifs is 5. The fraction of sp³-hybridized carbons (Fsp3) is 0.621. The molecular formula is C29H36O2. The Morgan fingerprint density at radius 1 is 1.00 bits per heavy atom. The maximum absolute atomic E-state index is 11.5. The van der Waals surface area contributed by atoms with Gasteiger partial charge in [0.05, 0.1) is 0 Å². The predicted octanol–water partition coefficient (Wildman–Crippen LogP) is 6.55. The van der Waals surface area contributed by atoms with Crippen molar-refractivity contribution in [1.82, 2.24) is 0 Å². The molecule has 0 heterocycles. The highest BCUT2D eigenvalue weighted by molar-refractivity contribution is 5.66. The zero-order chi connectivity index (χ0) is 21.6. The first-order valence-electron chi connectivity index (χ1n) is 12.3. The molecule has 4 aliphatic rings. The summed E-state index contributed by atoms with van der Waals surface area (Å²) < 4.78 is 5.62. The van der Waals surface area contributed by atoms with Gasteiger partial charge < -0.3 is 4.74 Å². The molecule has 3 fully saturated rings. The normalized spacial score (nSPS) is 41.0. The highest BCUT2D eigenvalue weighted by Gasteiger charge is 2.58. The molecule has 0 unspecified atom stereocenters. The maximum Gasteiger partial charge on any atom is 0.302 e. The van der Waals surface area contributed by atoms with Crippen LogP contribution in [0.4, 0.5) is 0 Å². The molecule has 31 heavy (non-hydrogen) atoms. The average Bonchev–Trinajstić information content (AvgIpc) is 3.09. The average molecular weight is 417 g/mol. The molecule has 5 rings (SSSR count). The Labute approximate surface area is 187 Å². The van der Waals surface area contributed by atoms with E-state index < -0.39 is 0 Å². The Hall–Kier alpha value is -2.01. The molecule has 4 aliphatic carbocycles. The molecule has 0 radical (unpaired) electrons. The van der Waals surface area contributed by atoms with Gasteiger partial charge >= 0.3 is 5.97 Å². The molecule has 0 saturated heterocycles. The molecular weight excluding hydrogens is 380 g/mol. The Morgan fingerprint density at radius 2 is 1.81 bits per heavy atom. The molecule has 2 heteroatoms. The summed E-state index contributed by atoms with van der Waals surface area (Å²) in [6.45, 7) is 6.62. The first-order valence-corrected chi connectivity index (χ1v) is 12.3. The van der Waals surface area contributed by atoms with Gasteiger partial charge in [-0.05, 0) is 92.6 Å². The highest BCUT2D eigenvalue weighted by atomic mass is 16.5. The summed E-state index contributed by atoms with van der Waals surface area (Å²) in [6, 6.07) is 10.4. The minimum Gasteiger partial charge on any atom is -0.463 e. The van der Waals surface area contributed by atoms with E-state index in [4.69, 9.17) is 4.74 Å². The largest absolute Gasteiger partial charge is 0.463 e. The van der Waals surface area contributed by atoms with Crippen molar-refractivity contribution in [2.45, 2.75) is 78.2 Å². The number of esters is 1. The van der Waals surface area contributed by atoms with Gasteiger partial charge in [-0.1, -0.05) is 50.0 Å². The number of allylic oxidation sites excluding steroid dienone is 2. The van der Waals surface area contributed by atoms with Crippen LogP contribution in [0.3, 0.4) is 0 Å². The fourth-order valence-corrected chi connectivity index (χ4v) is 7.98. The van der Waals surface area contributed by atoms with Crippen LogP contribution in [0, 0.1) is 46.3 Å². The van der Waals surface area contributed by atoms with E-state index in [2.05, 4.69) is 62.1 Å². The van der Waals surface area contributed by atoms with E-state index in [1.54, 1.807) is 6.92 Å². The van der Waals surface area contributed by atoms with Crippen LogP contribution < -0.4 is 0 Å². The summed E-state index contributed by atoms with van der Waals surface area (Å²) in [7, 11) is 0. The smallest absolute Gasteiger partial charge is 0.302 e. The van der Waals surface area contributed by atoms with Crippen LogP contribution in [0.2, 0.25) is 0 Å². The highest BCUT2D eigenvalue weighted by Crippen LogP contribution is 2.66. The third-order valence-electron chi connectivity index (χ3n) is 9.65. The van der Waals surface area contributed by atoms with Gasteiger partial charge in [0.2, 0.25) is 0 Å². The summed E-state index contributed by atoms with van der Waals surface area (Å²) in [5, 5.41) is 0. The SMILES string of the molecule is CC(=O)O[C@@H]1CC[C@]2(C)[C@H](CC[C@@H]3[C@H]4CC=C(C#Cc5ccccc5)[C@@]4(C)CC[C@@H]32)C1. The quantitative estimate of drug-likeness (QED) is 0.383. The van der Waals surface area contributed by atoms with Crippen LogP contribution in [0.25, 0.3) is 0 Å². The van der Waals surface area contributed by atoms with Gasteiger partial charge in [0.1, 0.15) is 6.10 Å². The standard InChI is InChI=1S/C29H36O2/c1-20(30)31-24-15-17-29(3)23(19-24)11-13-25-26-14-12-22(28(26,2)18-16-27(25)29)10-9-21-7-5-4-6-8-21/h4-8,12,23-27H,11,13-19H2,1-3H3/t23-,24-,25-,26-,27+,28-,29-/m1/s1. The van der Waals surface area contributed by atoms with E-state index in [9.17, 15) is 4.79 Å². The molecule has 0 spiro atoms. The van der Waals surface area contributed by atoms with Crippen molar-refractivity contribution >= 4 is 5.97 Å². The first-order chi connectivity index (χ1) is 14.9. The van der Waals surface area contributed by atoms with Crippen LogP contribution in [-0.2, 0) is 9.53 Å². The summed E-state index contributed by atoms with van der Waals surface area (Å²) in [6.07, 6.45) is 12.4. The molecule has 2 nitrogen and oxygen atoms in total. The third kappa shape index (κ3) is 3.55. The van der Waals surface area contributed by atoms with Crippen molar-refractivity contribution in [3.05, 3.63) is 47.5 Å². The Balaban J connectivity index is 1.33. The number of carbonyl (C=O) groups excluding carboxylic acids is 1. The molecule has 1 aromatic rings. The van der Waals surface area contributed by atoms with Crippen LogP contribution in [0.1, 0.15) is 77.7 Å². The molecule has 0 aromatic heterocycles. The van der Waals surface area contributed by atoms with E-state index in [0.29, 0.717) is 11.3 Å². The zero-order valence-corrected chi connectivity index (χ0v) is 19.3. The topological polar surface area (TPSA) is 26.3 Å². The lowest BCUT2D eigenvalue weighted by Crippen LogP contribution is -2.53. The second kappa shape index (κ2) is 7.84. The lowest BCUT2D eigenvalue weighted by atomic mass is 9.44. The number of rotatable bonds is 1. The molecule has 1 aromatic carbocycles. The Bertz CT molecular complexity index is 934. The Morgan fingerprint density at radius 3 is 2.58 bits per heavy atom. The van der Waals surface area contributed by atoms with E-state index in [1.807, 2.05) is 0 Å². The maximum atomic E-state index is 11.5. The number of benzene rings is 1. The van der Waals surface area contributed by atoms with E-state index in [1.165, 1.54) is 44.1 Å². The molecule has 0 amide bonds. The summed E-state index contributed by atoms with van der Waals surface area (Å²) in [5.74, 6) is 9.99. The lowest BCUT2D eigenvalue weighted by molar-refractivity contribution is -0.158. The van der Waals surface area contributed by atoms with Gasteiger partial charge in [0.15, 0.2) is 0 Å². The number of carbonyl (C=O) groups is 1. The van der Waals surface area contributed by atoms with Crippen molar-refractivity contribution in [3.8, 4) is 11.8 Å². The number of hydrogen-bond acceptors (Lipinski definition) is 2. The first kappa shape index (κ1) is 20.9. The number of ether oxygens (including phenoxy) is 1. The van der Waals surface area contributed by atoms with Crippen molar-refractivity contribution in [2.75, 3.05) is 0 Å². The second-order valence-electron chi connectivity index (χ2n) is 11.1. The molecule has 164 valence electrons. The van der Waals surface area contributed by atoms with E-state index >= 15 is 0 Å². The molecule has 0 aliphatic heterocycles. The van der Waals surface area contributed by atoms with Gasteiger partial charge in [-0.25, -0.2) is 0 Å². The van der Waals surface area contributed by atoms with Crippen LogP contribution in [0.5, 0.6) is 0 Å². The minimum atomic E-state index is -0.114. The molecule has 0 bridgehead atoms. The molecule has 0 N–H and O–H groups in total. The number of hydrogen-bond donors (Lipinski definition) is 0. The molecule has 3 saturated carbocycles. The van der Waals surface area contributed by atoms with Gasteiger partial charge in [-0.2, -0.15) is 0 Å². The Kier molecular flexibility index (Phi) is 5.28. The third-order valence-corrected chi connectivity index (χ3v) is 9.65. The van der Waals surface area contributed by atoms with Crippen molar-refractivity contribution in [2.24, 2.45) is 34.5 Å². The van der Waals surface area contributed by atoms with Crippen molar-refractivity contribution < 1.29 is 9.53 Å². The van der Waals surface area contributed by atoms with E-state index in [0.717, 1.165) is 36.2 Å². The summed E-state index contributed by atoms with van der Waals surface area (Å²) >= 11 is 0. The second-order valence-corrected chi connectivity index (χ2v) is 11.1. The predicted molar refractivity (Wildman–Crippen MR) is 124 cm³/mol. The van der Waals surface area contributed by atoms with Gasteiger partial charge in [0, 0.05) is 23.5 Å². The monoisotopic (exact) mass is 416 g/mol. The van der Waals surface area contributed by atoms with Crippen LogP contribution in [-0.4, -0.2) is 12.1 Å². The van der Waals surface area contributed by atoms with Crippen LogP contribution in [0.15, 0.2) is 42.0 Å². The fourth-order valence-electron chi connectivity index (χ4n) is 7.98. The van der Waals surface area contributed by atoms with Gasteiger partial charge in [-0.15, -0.1) is 0 Å². The zero-order valence-electron chi connectivity index (χ0n) is 19.3. The lowest BCUT2D eigenvalue weighted by Gasteiger charge is -2.60. The van der Waals surface area contributed by atoms with Gasteiger partial charge in [0.25, 0.3) is 0 Å². The minimum absolute atomic E-state index is 0.114. The summed E-state index contributed by atoms with van der Waals surface area (Å²) in [5.41, 5.74) is 3.17.